The predicted octanol–water partition coefficient (Wildman–Crippen LogP) is 5.01. The van der Waals surface area contributed by atoms with Crippen LogP contribution in [0, 0.1) is 0 Å². The van der Waals surface area contributed by atoms with E-state index in [0.29, 0.717) is 24.1 Å². The molecule has 0 aromatic carbocycles. The molecule has 1 atom stereocenters. The molecule has 0 bridgehead atoms. The quantitative estimate of drug-likeness (QED) is 0.378. The lowest BCUT2D eigenvalue weighted by atomic mass is 10.1. The highest BCUT2D eigenvalue weighted by atomic mass is 32.1. The van der Waals surface area contributed by atoms with Gasteiger partial charge in [-0.2, -0.15) is 0 Å². The average Bonchev–Trinajstić information content (AvgIpc) is 3.36. The molecule has 2 N–H and O–H groups in total. The van der Waals surface area contributed by atoms with Crippen LogP contribution in [0.2, 0.25) is 0 Å². The Morgan fingerprint density at radius 2 is 2.00 bits per heavy atom. The molecule has 33 heavy (non-hydrogen) atoms. The van der Waals surface area contributed by atoms with Gasteiger partial charge in [0.15, 0.2) is 5.69 Å². The number of aromatic nitrogens is 4. The number of hydrogen-bond donors (Lipinski definition) is 2. The van der Waals surface area contributed by atoms with Crippen LogP contribution in [-0.4, -0.2) is 33.0 Å². The van der Waals surface area contributed by atoms with E-state index in [2.05, 4.69) is 37.5 Å². The zero-order valence-electron chi connectivity index (χ0n) is 19.2. The summed E-state index contributed by atoms with van der Waals surface area (Å²) in [4.78, 5) is 30.4. The van der Waals surface area contributed by atoms with E-state index in [9.17, 15) is 4.79 Å². The predicted molar refractivity (Wildman–Crippen MR) is 132 cm³/mol. The Hall–Kier alpha value is -3.59. The number of ether oxygens (including phenoxy) is 1. The van der Waals surface area contributed by atoms with E-state index in [1.165, 1.54) is 11.3 Å². The van der Waals surface area contributed by atoms with Crippen LogP contribution in [0.3, 0.4) is 0 Å². The maximum Gasteiger partial charge on any atom is 0.271 e. The molecule has 8 nitrogen and oxygen atoms in total. The van der Waals surface area contributed by atoms with Gasteiger partial charge in [-0.1, -0.05) is 32.9 Å². The molecule has 0 fully saturated rings. The van der Waals surface area contributed by atoms with Gasteiger partial charge in [0.05, 0.1) is 23.4 Å². The van der Waals surface area contributed by atoms with Crippen LogP contribution in [0.1, 0.15) is 54.8 Å². The lowest BCUT2D eigenvalue weighted by molar-refractivity contribution is 0.0948. The number of hydrogen-bond acceptors (Lipinski definition) is 8. The molecule has 4 aromatic rings. The summed E-state index contributed by atoms with van der Waals surface area (Å²) >= 11 is 1.45. The van der Waals surface area contributed by atoms with Gasteiger partial charge in [0, 0.05) is 31.2 Å². The van der Waals surface area contributed by atoms with Gasteiger partial charge in [-0.05, 0) is 35.1 Å². The van der Waals surface area contributed by atoms with Crippen molar-refractivity contribution in [3.8, 4) is 5.88 Å². The topological polar surface area (TPSA) is 102 Å². The van der Waals surface area contributed by atoms with Crippen LogP contribution in [0.25, 0.3) is 10.2 Å². The number of amides is 1. The second kappa shape index (κ2) is 11.9. The maximum absolute atomic E-state index is 13.0. The van der Waals surface area contributed by atoms with E-state index >= 15 is 0 Å². The van der Waals surface area contributed by atoms with Crippen molar-refractivity contribution in [1.29, 1.82) is 0 Å². The summed E-state index contributed by atoms with van der Waals surface area (Å²) in [5, 5.41) is 8.18. The number of thiophene rings is 1. The Bertz CT molecular complexity index is 1160. The third kappa shape index (κ3) is 6.01. The van der Waals surface area contributed by atoms with Crippen molar-refractivity contribution in [2.75, 3.05) is 12.4 Å². The van der Waals surface area contributed by atoms with Crippen LogP contribution < -0.4 is 15.4 Å². The lowest BCUT2D eigenvalue weighted by Crippen LogP contribution is -2.25. The molecule has 0 spiro atoms. The summed E-state index contributed by atoms with van der Waals surface area (Å²) in [6, 6.07) is 9.41. The largest absolute Gasteiger partial charge is 0.481 e. The van der Waals surface area contributed by atoms with E-state index < -0.39 is 0 Å². The fourth-order valence-corrected chi connectivity index (χ4v) is 3.96. The fourth-order valence-electron chi connectivity index (χ4n) is 3.14. The first kappa shape index (κ1) is 24.1. The molecule has 4 aromatic heterocycles. The number of carbonyl (C=O) groups excluding carboxylic acids is 1. The number of fused-ring (bicyclic) bond motifs is 1. The van der Waals surface area contributed by atoms with E-state index in [1.807, 2.05) is 49.7 Å². The second-order valence-electron chi connectivity index (χ2n) is 6.81. The molecular weight excluding hydrogens is 436 g/mol. The standard InChI is InChI=1S/C22H22N6O2S.C2H6/c1-3-16(15-5-4-9-23-13-15)26-22-27-17-8-10-31-20(17)19(28-22)21(29)25-12-14-6-7-18(30-2)24-11-14;1-2/h4-11,13,16H,3,12H2,1-2H3,(H,25,29)(H,26,27,28);1-2H3. The summed E-state index contributed by atoms with van der Waals surface area (Å²) in [6.45, 7) is 6.41. The molecule has 0 aliphatic heterocycles. The molecule has 172 valence electrons. The van der Waals surface area contributed by atoms with Gasteiger partial charge in [0.2, 0.25) is 11.8 Å². The molecule has 4 heterocycles. The highest BCUT2D eigenvalue weighted by Gasteiger charge is 2.18. The first-order valence-electron chi connectivity index (χ1n) is 10.9. The number of nitrogens with zero attached hydrogens (tertiary/aromatic N) is 4. The molecule has 0 saturated carbocycles. The minimum Gasteiger partial charge on any atom is -0.481 e. The van der Waals surface area contributed by atoms with Crippen LogP contribution >= 0.6 is 11.3 Å². The first-order valence-corrected chi connectivity index (χ1v) is 11.7. The SMILES string of the molecule is CC.CCC(Nc1nc(C(=O)NCc2ccc(OC)nc2)c2sccc2n1)c1cccnc1. The third-order valence-corrected chi connectivity index (χ3v) is 5.69. The molecule has 0 saturated heterocycles. The molecule has 1 unspecified atom stereocenters. The zero-order chi connectivity index (χ0) is 23.6. The Labute approximate surface area is 197 Å². The van der Waals surface area contributed by atoms with Crippen molar-refractivity contribution in [2.24, 2.45) is 0 Å². The van der Waals surface area contributed by atoms with Crippen LogP contribution in [-0.2, 0) is 6.54 Å². The number of methoxy groups -OCH3 is 1. The summed E-state index contributed by atoms with van der Waals surface area (Å²) in [5.74, 6) is 0.682. The van der Waals surface area contributed by atoms with E-state index in [4.69, 9.17) is 4.74 Å². The first-order chi connectivity index (χ1) is 16.2. The molecule has 0 radical (unpaired) electrons. The number of carbonyl (C=O) groups is 1. The van der Waals surface area contributed by atoms with Crippen molar-refractivity contribution in [1.82, 2.24) is 25.3 Å². The Balaban J connectivity index is 0.00000149. The average molecular weight is 465 g/mol. The summed E-state index contributed by atoms with van der Waals surface area (Å²) < 4.78 is 5.82. The Kier molecular flexibility index (Phi) is 8.65. The maximum atomic E-state index is 13.0. The van der Waals surface area contributed by atoms with E-state index in [-0.39, 0.29) is 11.9 Å². The van der Waals surface area contributed by atoms with Crippen molar-refractivity contribution < 1.29 is 9.53 Å². The normalized spacial score (nSPS) is 11.3. The smallest absolute Gasteiger partial charge is 0.271 e. The fraction of sp³-hybridized carbons (Fsp3) is 0.292. The van der Waals surface area contributed by atoms with E-state index in [0.717, 1.165) is 27.8 Å². The molecule has 1 amide bonds. The van der Waals surface area contributed by atoms with Crippen molar-refractivity contribution >= 4 is 33.4 Å². The van der Waals surface area contributed by atoms with Crippen LogP contribution in [0.5, 0.6) is 5.88 Å². The van der Waals surface area contributed by atoms with Gasteiger partial charge < -0.3 is 15.4 Å². The lowest BCUT2D eigenvalue weighted by Gasteiger charge is -2.17. The summed E-state index contributed by atoms with van der Waals surface area (Å²) in [5.41, 5.74) is 2.99. The molecule has 4 rings (SSSR count). The van der Waals surface area contributed by atoms with Crippen LogP contribution in [0.4, 0.5) is 5.95 Å². The van der Waals surface area contributed by atoms with Gasteiger partial charge in [-0.25, -0.2) is 15.0 Å². The van der Waals surface area contributed by atoms with Gasteiger partial charge in [0.25, 0.3) is 5.91 Å². The molecule has 0 aliphatic rings. The number of pyridine rings is 2. The summed E-state index contributed by atoms with van der Waals surface area (Å²) in [6.07, 6.45) is 6.06. The minimum atomic E-state index is -0.261. The van der Waals surface area contributed by atoms with Gasteiger partial charge >= 0.3 is 0 Å². The molecule has 9 heteroatoms. The zero-order valence-corrected chi connectivity index (χ0v) is 20.0. The number of rotatable bonds is 8. The highest BCUT2D eigenvalue weighted by molar-refractivity contribution is 7.17. The van der Waals surface area contributed by atoms with Crippen LogP contribution in [0.15, 0.2) is 54.3 Å². The van der Waals surface area contributed by atoms with Crippen molar-refractivity contribution in [2.45, 2.75) is 39.8 Å². The monoisotopic (exact) mass is 464 g/mol. The number of nitrogens with one attached hydrogen (secondary N) is 2. The summed E-state index contributed by atoms with van der Waals surface area (Å²) in [7, 11) is 1.56. The Morgan fingerprint density at radius 3 is 2.67 bits per heavy atom. The molecule has 0 aliphatic carbocycles. The minimum absolute atomic E-state index is 0.00827. The van der Waals surface area contributed by atoms with Gasteiger partial charge in [-0.3, -0.25) is 9.78 Å². The number of anilines is 1. The van der Waals surface area contributed by atoms with E-state index in [1.54, 1.807) is 25.6 Å². The van der Waals surface area contributed by atoms with Crippen molar-refractivity contribution in [3.63, 3.8) is 0 Å². The Morgan fingerprint density at radius 1 is 1.15 bits per heavy atom. The highest BCUT2D eigenvalue weighted by Crippen LogP contribution is 2.26. The van der Waals surface area contributed by atoms with Gasteiger partial charge in [0.1, 0.15) is 0 Å². The third-order valence-electron chi connectivity index (χ3n) is 4.78. The van der Waals surface area contributed by atoms with Crippen molar-refractivity contribution in [3.05, 3.63) is 71.1 Å². The van der Waals surface area contributed by atoms with Gasteiger partial charge in [-0.15, -0.1) is 11.3 Å². The second-order valence-corrected chi connectivity index (χ2v) is 7.73. The molecular formula is C24H28N6O2S.